The summed E-state index contributed by atoms with van der Waals surface area (Å²) in [7, 11) is 0. The van der Waals surface area contributed by atoms with Gasteiger partial charge in [0.05, 0.1) is 6.10 Å². The maximum Gasteiger partial charge on any atom is 0.159 e. The molecule has 0 aromatic heterocycles. The molecule has 0 radical (unpaired) electrons. The predicted molar refractivity (Wildman–Crippen MR) is 74.6 cm³/mol. The van der Waals surface area contributed by atoms with Gasteiger partial charge in [0.15, 0.2) is 11.6 Å². The van der Waals surface area contributed by atoms with E-state index in [1.165, 1.54) is 6.07 Å². The van der Waals surface area contributed by atoms with Gasteiger partial charge < -0.3 is 10.8 Å². The maximum absolute atomic E-state index is 13.2. The number of aliphatic hydroxyl groups excluding tert-OH is 1. The highest BCUT2D eigenvalue weighted by molar-refractivity contribution is 6.30. The topological polar surface area (TPSA) is 46.2 Å². The summed E-state index contributed by atoms with van der Waals surface area (Å²) in [5.74, 6) is -2.39. The van der Waals surface area contributed by atoms with Crippen molar-refractivity contribution in [1.29, 1.82) is 0 Å². The fourth-order valence-electron chi connectivity index (χ4n) is 2.11. The van der Waals surface area contributed by atoms with E-state index in [2.05, 4.69) is 0 Å². The van der Waals surface area contributed by atoms with Crippen molar-refractivity contribution in [3.8, 4) is 0 Å². The van der Waals surface area contributed by atoms with E-state index in [0.717, 1.165) is 17.7 Å². The van der Waals surface area contributed by atoms with Gasteiger partial charge in [0.25, 0.3) is 0 Å². The fraction of sp³-hybridized carbons (Fsp3) is 0.200. The Morgan fingerprint density at radius 3 is 2.40 bits per heavy atom. The minimum absolute atomic E-state index is 0.153. The Bertz CT molecular complexity index is 606. The number of hydrogen-bond acceptors (Lipinski definition) is 2. The van der Waals surface area contributed by atoms with Gasteiger partial charge in [-0.3, -0.25) is 0 Å². The molecule has 106 valence electrons. The van der Waals surface area contributed by atoms with E-state index in [4.69, 9.17) is 17.3 Å². The first-order valence-electron chi connectivity index (χ1n) is 6.11. The minimum atomic E-state index is -1.03. The first kappa shape index (κ1) is 14.9. The summed E-state index contributed by atoms with van der Waals surface area (Å²) in [6.07, 6.45) is -1.03. The van der Waals surface area contributed by atoms with Gasteiger partial charge >= 0.3 is 0 Å². The lowest BCUT2D eigenvalue weighted by Gasteiger charge is -2.22. The van der Waals surface area contributed by atoms with Crippen molar-refractivity contribution in [2.75, 3.05) is 6.54 Å². The first-order chi connectivity index (χ1) is 9.52. The molecule has 0 aliphatic rings. The molecule has 0 saturated heterocycles. The van der Waals surface area contributed by atoms with E-state index in [1.54, 1.807) is 24.3 Å². The Morgan fingerprint density at radius 1 is 1.05 bits per heavy atom. The third-order valence-electron chi connectivity index (χ3n) is 3.20. The van der Waals surface area contributed by atoms with Crippen LogP contribution in [0.3, 0.4) is 0 Å². The van der Waals surface area contributed by atoms with E-state index in [1.807, 2.05) is 0 Å². The van der Waals surface area contributed by atoms with E-state index < -0.39 is 23.7 Å². The Labute approximate surface area is 120 Å². The highest BCUT2D eigenvalue weighted by Gasteiger charge is 2.22. The summed E-state index contributed by atoms with van der Waals surface area (Å²) in [4.78, 5) is 0. The van der Waals surface area contributed by atoms with Crippen LogP contribution in [0.15, 0.2) is 42.5 Å². The molecule has 2 aromatic carbocycles. The monoisotopic (exact) mass is 297 g/mol. The Kier molecular flexibility index (Phi) is 4.70. The lowest BCUT2D eigenvalue weighted by atomic mass is 9.89. The van der Waals surface area contributed by atoms with Crippen LogP contribution in [0.1, 0.15) is 23.1 Å². The maximum atomic E-state index is 13.2. The van der Waals surface area contributed by atoms with Crippen LogP contribution in [-0.4, -0.2) is 11.7 Å². The number of nitrogens with two attached hydrogens (primary N) is 1. The van der Waals surface area contributed by atoms with Crippen molar-refractivity contribution in [2.45, 2.75) is 12.0 Å². The molecule has 2 unspecified atom stereocenters. The van der Waals surface area contributed by atoms with Crippen LogP contribution in [0.2, 0.25) is 5.02 Å². The Hall–Kier alpha value is -1.49. The average Bonchev–Trinajstić information content (AvgIpc) is 2.42. The second-order valence-electron chi connectivity index (χ2n) is 4.52. The van der Waals surface area contributed by atoms with Crippen LogP contribution in [0.4, 0.5) is 8.78 Å². The number of rotatable bonds is 4. The Balaban J connectivity index is 2.33. The first-order valence-corrected chi connectivity index (χ1v) is 6.49. The van der Waals surface area contributed by atoms with Gasteiger partial charge in [0.2, 0.25) is 0 Å². The number of hydrogen-bond donors (Lipinski definition) is 2. The molecule has 3 N–H and O–H groups in total. The molecule has 0 aliphatic carbocycles. The summed E-state index contributed by atoms with van der Waals surface area (Å²) < 4.78 is 26.2. The van der Waals surface area contributed by atoms with Crippen LogP contribution in [0.5, 0.6) is 0 Å². The largest absolute Gasteiger partial charge is 0.388 e. The normalized spacial score (nSPS) is 14.1. The van der Waals surface area contributed by atoms with Gasteiger partial charge in [0, 0.05) is 17.5 Å². The molecule has 0 amide bonds. The van der Waals surface area contributed by atoms with E-state index in [9.17, 15) is 13.9 Å². The molecule has 2 rings (SSSR count). The summed E-state index contributed by atoms with van der Waals surface area (Å²) in [5.41, 5.74) is 6.71. The average molecular weight is 298 g/mol. The molecule has 0 bridgehead atoms. The molecule has 5 heteroatoms. The third kappa shape index (κ3) is 3.15. The van der Waals surface area contributed by atoms with Crippen LogP contribution in [-0.2, 0) is 0 Å². The molecule has 0 aliphatic heterocycles. The van der Waals surface area contributed by atoms with Gasteiger partial charge in [-0.2, -0.15) is 0 Å². The molecule has 0 heterocycles. The predicted octanol–water partition coefficient (Wildman–Crippen LogP) is 3.39. The third-order valence-corrected chi connectivity index (χ3v) is 3.43. The molecule has 20 heavy (non-hydrogen) atoms. The van der Waals surface area contributed by atoms with Gasteiger partial charge in [0.1, 0.15) is 0 Å². The second-order valence-corrected chi connectivity index (χ2v) is 4.95. The smallest absolute Gasteiger partial charge is 0.159 e. The van der Waals surface area contributed by atoms with Crippen molar-refractivity contribution >= 4 is 11.6 Å². The van der Waals surface area contributed by atoms with Crippen molar-refractivity contribution in [3.63, 3.8) is 0 Å². The van der Waals surface area contributed by atoms with E-state index >= 15 is 0 Å². The second kappa shape index (κ2) is 6.31. The van der Waals surface area contributed by atoms with Gasteiger partial charge in [-0.25, -0.2) is 8.78 Å². The highest BCUT2D eigenvalue weighted by Crippen LogP contribution is 2.31. The number of aliphatic hydroxyl groups is 1. The standard InChI is InChI=1S/C15H14ClF2NO/c16-11-3-1-2-9(6-11)12(8-19)15(20)10-4-5-13(17)14(18)7-10/h1-7,12,15,20H,8,19H2. The molecular formula is C15H14ClF2NO. The van der Waals surface area contributed by atoms with Crippen molar-refractivity contribution in [3.05, 3.63) is 70.2 Å². The van der Waals surface area contributed by atoms with Crippen LogP contribution in [0, 0.1) is 11.6 Å². The van der Waals surface area contributed by atoms with Crippen LogP contribution in [0.25, 0.3) is 0 Å². The van der Waals surface area contributed by atoms with Crippen LogP contribution >= 0.6 is 11.6 Å². The fourth-order valence-corrected chi connectivity index (χ4v) is 2.31. The van der Waals surface area contributed by atoms with Gasteiger partial charge in [-0.1, -0.05) is 29.8 Å². The molecular weight excluding hydrogens is 284 g/mol. The summed E-state index contributed by atoms with van der Waals surface area (Å²) in [6.45, 7) is 0.153. The van der Waals surface area contributed by atoms with Crippen LogP contribution < -0.4 is 5.73 Å². The summed E-state index contributed by atoms with van der Waals surface area (Å²) in [6, 6.07) is 10.2. The molecule has 0 fully saturated rings. The van der Waals surface area contributed by atoms with Gasteiger partial charge in [-0.15, -0.1) is 0 Å². The van der Waals surface area contributed by atoms with Gasteiger partial charge in [-0.05, 0) is 35.4 Å². The highest BCUT2D eigenvalue weighted by atomic mass is 35.5. The molecule has 2 aromatic rings. The van der Waals surface area contributed by atoms with E-state index in [-0.39, 0.29) is 12.1 Å². The molecule has 2 nitrogen and oxygen atoms in total. The molecule has 0 spiro atoms. The minimum Gasteiger partial charge on any atom is -0.388 e. The van der Waals surface area contributed by atoms with E-state index in [0.29, 0.717) is 5.02 Å². The SMILES string of the molecule is NCC(c1cccc(Cl)c1)C(O)c1ccc(F)c(F)c1. The summed E-state index contributed by atoms with van der Waals surface area (Å²) >= 11 is 5.91. The number of benzene rings is 2. The lowest BCUT2D eigenvalue weighted by molar-refractivity contribution is 0.147. The zero-order valence-electron chi connectivity index (χ0n) is 10.6. The zero-order valence-corrected chi connectivity index (χ0v) is 11.3. The van der Waals surface area contributed by atoms with Crippen molar-refractivity contribution < 1.29 is 13.9 Å². The van der Waals surface area contributed by atoms with Crippen molar-refractivity contribution in [2.24, 2.45) is 5.73 Å². The summed E-state index contributed by atoms with van der Waals surface area (Å²) in [5, 5.41) is 10.9. The number of halogens is 3. The quantitative estimate of drug-likeness (QED) is 0.908. The lowest BCUT2D eigenvalue weighted by Crippen LogP contribution is -2.20. The van der Waals surface area contributed by atoms with Crippen molar-refractivity contribution in [1.82, 2.24) is 0 Å². The Morgan fingerprint density at radius 2 is 1.80 bits per heavy atom. The zero-order chi connectivity index (χ0) is 14.7. The molecule has 2 atom stereocenters. The molecule has 0 saturated carbocycles.